The van der Waals surface area contributed by atoms with Crippen molar-refractivity contribution in [2.75, 3.05) is 0 Å². The minimum atomic E-state index is 0.0566. The summed E-state index contributed by atoms with van der Waals surface area (Å²) in [5.74, 6) is 0.969. The smallest absolute Gasteiger partial charge is 0.194 e. The van der Waals surface area contributed by atoms with Crippen molar-refractivity contribution in [1.29, 1.82) is 0 Å². The van der Waals surface area contributed by atoms with Crippen molar-refractivity contribution < 1.29 is 9.90 Å². The maximum atomic E-state index is 13.2. The Hall–Kier alpha value is -4.44. The number of phenolic OH excluding ortho intramolecular Hbond substituents is 1. The number of hydrogen-bond acceptors (Lipinski definition) is 3. The van der Waals surface area contributed by atoms with Crippen molar-refractivity contribution >= 4 is 5.78 Å². The van der Waals surface area contributed by atoms with Crippen molar-refractivity contribution in [3.8, 4) is 50.8 Å². The van der Waals surface area contributed by atoms with Gasteiger partial charge in [-0.15, -0.1) is 0 Å². The normalized spacial score (nSPS) is 12.0. The third-order valence-corrected chi connectivity index (χ3v) is 6.15. The molecule has 4 nitrogen and oxygen atoms in total. The van der Waals surface area contributed by atoms with Gasteiger partial charge in [0.1, 0.15) is 11.6 Å². The molecule has 1 aliphatic rings. The quantitative estimate of drug-likeness (QED) is 0.332. The van der Waals surface area contributed by atoms with Crippen LogP contribution in [0, 0.1) is 6.92 Å². The average Bonchev–Trinajstić information content (AvgIpc) is 3.40. The van der Waals surface area contributed by atoms with Gasteiger partial charge in [-0.2, -0.15) is 0 Å². The lowest BCUT2D eigenvalue weighted by atomic mass is 9.99. The van der Waals surface area contributed by atoms with Gasteiger partial charge in [-0.05, 0) is 54.4 Å². The van der Waals surface area contributed by atoms with E-state index in [4.69, 9.17) is 4.98 Å². The van der Waals surface area contributed by atoms with E-state index >= 15 is 0 Å². The molecule has 0 aliphatic heterocycles. The minimum Gasteiger partial charge on any atom is -0.508 e. The van der Waals surface area contributed by atoms with Crippen LogP contribution in [0.1, 0.15) is 21.5 Å². The van der Waals surface area contributed by atoms with Crippen molar-refractivity contribution in [1.82, 2.24) is 9.97 Å². The Labute approximate surface area is 191 Å². The summed E-state index contributed by atoms with van der Waals surface area (Å²) in [6.07, 6.45) is 0. The molecule has 0 amide bonds. The van der Waals surface area contributed by atoms with E-state index in [-0.39, 0.29) is 11.5 Å². The lowest BCUT2D eigenvalue weighted by molar-refractivity contribution is 0.104. The molecule has 4 heteroatoms. The Morgan fingerprint density at radius 1 is 0.697 bits per heavy atom. The molecular formula is C29H20N2O2. The second kappa shape index (κ2) is 7.31. The Kier molecular flexibility index (Phi) is 4.27. The van der Waals surface area contributed by atoms with E-state index in [0.29, 0.717) is 11.4 Å². The molecule has 1 aromatic heterocycles. The monoisotopic (exact) mass is 428 g/mol. The molecule has 158 valence electrons. The van der Waals surface area contributed by atoms with E-state index in [1.165, 1.54) is 0 Å². The van der Waals surface area contributed by atoms with E-state index in [9.17, 15) is 9.90 Å². The van der Waals surface area contributed by atoms with Gasteiger partial charge in [0, 0.05) is 27.8 Å². The highest BCUT2D eigenvalue weighted by Gasteiger charge is 2.27. The molecular weight excluding hydrogens is 408 g/mol. The highest BCUT2D eigenvalue weighted by molar-refractivity contribution is 6.22. The summed E-state index contributed by atoms with van der Waals surface area (Å²) in [7, 11) is 0. The minimum absolute atomic E-state index is 0.0566. The molecule has 1 heterocycles. The van der Waals surface area contributed by atoms with E-state index in [0.717, 1.165) is 50.3 Å². The summed E-state index contributed by atoms with van der Waals surface area (Å²) >= 11 is 0. The van der Waals surface area contributed by atoms with Gasteiger partial charge in [-0.1, -0.05) is 60.2 Å². The highest BCUT2D eigenvalue weighted by atomic mass is 16.3. The molecule has 0 unspecified atom stereocenters. The summed E-state index contributed by atoms with van der Waals surface area (Å²) in [5.41, 5.74) is 8.94. The Morgan fingerprint density at radius 3 is 2.12 bits per heavy atom. The summed E-state index contributed by atoms with van der Waals surface area (Å²) in [4.78, 5) is 21.6. The fraction of sp³-hybridized carbons (Fsp3) is 0.0345. The van der Waals surface area contributed by atoms with Crippen LogP contribution in [0.3, 0.4) is 0 Å². The van der Waals surface area contributed by atoms with Gasteiger partial charge in [0.15, 0.2) is 5.78 Å². The van der Waals surface area contributed by atoms with Crippen LogP contribution >= 0.6 is 0 Å². The van der Waals surface area contributed by atoms with Gasteiger partial charge in [-0.25, -0.2) is 4.98 Å². The number of aromatic nitrogens is 2. The van der Waals surface area contributed by atoms with Crippen LogP contribution in [-0.4, -0.2) is 20.9 Å². The molecule has 5 aromatic rings. The largest absolute Gasteiger partial charge is 0.508 e. The number of aryl methyl sites for hydroxylation is 1. The van der Waals surface area contributed by atoms with Crippen molar-refractivity contribution in [2.24, 2.45) is 0 Å². The van der Waals surface area contributed by atoms with Crippen molar-refractivity contribution in [3.63, 3.8) is 0 Å². The van der Waals surface area contributed by atoms with Crippen LogP contribution in [0.5, 0.6) is 5.75 Å². The van der Waals surface area contributed by atoms with Crippen LogP contribution in [0.4, 0.5) is 0 Å². The zero-order valence-electron chi connectivity index (χ0n) is 18.0. The standard InChI is InChI=1S/C29H20N2O2/c1-17-7-13-22-23-14-10-20(16-25(23)28(33)24(22)15-17)27-26(18-5-3-2-4-6-18)30-29(31-27)19-8-11-21(32)12-9-19/h2-16,32H,1H3,(H,30,31). The second-order valence-corrected chi connectivity index (χ2v) is 8.36. The number of nitrogens with one attached hydrogen (secondary N) is 1. The maximum Gasteiger partial charge on any atom is 0.194 e. The van der Waals surface area contributed by atoms with Gasteiger partial charge in [0.2, 0.25) is 0 Å². The number of phenols is 1. The third-order valence-electron chi connectivity index (χ3n) is 6.15. The van der Waals surface area contributed by atoms with Gasteiger partial charge in [0.05, 0.1) is 11.4 Å². The molecule has 1 aliphatic carbocycles. The molecule has 0 saturated carbocycles. The predicted molar refractivity (Wildman–Crippen MR) is 130 cm³/mol. The molecule has 4 aromatic carbocycles. The number of carbonyl (C=O) groups excluding carboxylic acids is 1. The number of rotatable bonds is 3. The Morgan fingerprint density at radius 2 is 1.36 bits per heavy atom. The van der Waals surface area contributed by atoms with E-state index < -0.39 is 0 Å². The number of aromatic amines is 1. The van der Waals surface area contributed by atoms with Crippen LogP contribution in [0.25, 0.3) is 45.0 Å². The topological polar surface area (TPSA) is 66.0 Å². The van der Waals surface area contributed by atoms with Crippen LogP contribution in [-0.2, 0) is 0 Å². The Balaban J connectivity index is 1.52. The number of hydrogen-bond donors (Lipinski definition) is 2. The summed E-state index contributed by atoms with van der Waals surface area (Å²) < 4.78 is 0. The fourth-order valence-electron chi connectivity index (χ4n) is 4.49. The van der Waals surface area contributed by atoms with E-state index in [1.807, 2.05) is 85.8 Å². The lowest BCUT2D eigenvalue weighted by Crippen LogP contribution is -1.96. The summed E-state index contributed by atoms with van der Waals surface area (Å²) in [5, 5.41) is 9.66. The predicted octanol–water partition coefficient (Wildman–Crippen LogP) is 6.64. The fourth-order valence-corrected chi connectivity index (χ4v) is 4.49. The molecule has 0 radical (unpaired) electrons. The van der Waals surface area contributed by atoms with Crippen molar-refractivity contribution in [2.45, 2.75) is 6.92 Å². The Bertz CT molecular complexity index is 1530. The van der Waals surface area contributed by atoms with Crippen molar-refractivity contribution in [3.05, 3.63) is 108 Å². The van der Waals surface area contributed by atoms with E-state index in [2.05, 4.69) is 4.98 Å². The number of nitrogens with zero attached hydrogens (tertiary/aromatic N) is 1. The van der Waals surface area contributed by atoms with Gasteiger partial charge in [0.25, 0.3) is 0 Å². The first-order valence-corrected chi connectivity index (χ1v) is 10.8. The first-order valence-electron chi connectivity index (χ1n) is 10.8. The number of benzene rings is 4. The maximum absolute atomic E-state index is 13.2. The summed E-state index contributed by atoms with van der Waals surface area (Å²) in [6.45, 7) is 2.00. The molecule has 2 N–H and O–H groups in total. The van der Waals surface area contributed by atoms with Gasteiger partial charge < -0.3 is 10.1 Å². The number of imidazole rings is 1. The number of H-pyrrole nitrogens is 1. The molecule has 0 atom stereocenters. The van der Waals surface area contributed by atoms with Gasteiger partial charge in [-0.3, -0.25) is 4.79 Å². The molecule has 0 fully saturated rings. The lowest BCUT2D eigenvalue weighted by Gasteiger charge is -2.06. The number of ketones is 1. The molecule has 6 rings (SSSR count). The number of fused-ring (bicyclic) bond motifs is 3. The summed E-state index contributed by atoms with van der Waals surface area (Å²) in [6, 6.07) is 29.0. The zero-order valence-corrected chi connectivity index (χ0v) is 18.0. The molecule has 0 spiro atoms. The SMILES string of the molecule is Cc1ccc2c(c1)C(=O)c1cc(-c3nc(-c4ccc(O)cc4)[nH]c3-c3ccccc3)ccc1-2. The number of aromatic hydroxyl groups is 1. The van der Waals surface area contributed by atoms with E-state index in [1.54, 1.807) is 12.1 Å². The third kappa shape index (κ3) is 3.15. The van der Waals surface area contributed by atoms with Crippen LogP contribution < -0.4 is 0 Å². The highest BCUT2D eigenvalue weighted by Crippen LogP contribution is 2.40. The van der Waals surface area contributed by atoms with Crippen LogP contribution in [0.15, 0.2) is 91.0 Å². The molecule has 0 saturated heterocycles. The average molecular weight is 428 g/mol. The van der Waals surface area contributed by atoms with Gasteiger partial charge >= 0.3 is 0 Å². The van der Waals surface area contributed by atoms with Crippen LogP contribution in [0.2, 0.25) is 0 Å². The zero-order chi connectivity index (χ0) is 22.5. The number of carbonyl (C=O) groups is 1. The first kappa shape index (κ1) is 19.3. The first-order chi connectivity index (χ1) is 16.1. The molecule has 0 bridgehead atoms. The molecule has 33 heavy (non-hydrogen) atoms. The second-order valence-electron chi connectivity index (χ2n) is 8.36.